The van der Waals surface area contributed by atoms with Gasteiger partial charge in [-0.2, -0.15) is 0 Å². The Morgan fingerprint density at radius 1 is 1.03 bits per heavy atom. The summed E-state index contributed by atoms with van der Waals surface area (Å²) in [5.74, 6) is -0.204. The van der Waals surface area contributed by atoms with E-state index >= 15 is 0 Å². The van der Waals surface area contributed by atoms with E-state index < -0.39 is 22.2 Å². The molecule has 0 saturated carbocycles. The molecule has 2 aromatic carbocycles. The van der Waals surface area contributed by atoms with Gasteiger partial charge in [-0.15, -0.1) is 0 Å². The number of rotatable bonds is 7. The van der Waals surface area contributed by atoms with Gasteiger partial charge in [0.1, 0.15) is 12.7 Å². The Kier molecular flexibility index (Phi) is 6.50. The number of aromatic nitrogens is 1. The van der Waals surface area contributed by atoms with Gasteiger partial charge in [0.15, 0.2) is 0 Å². The third kappa shape index (κ3) is 4.80. The summed E-state index contributed by atoms with van der Waals surface area (Å²) in [6.45, 7) is -0.0418. The molecule has 2 heterocycles. The van der Waals surface area contributed by atoms with Crippen LogP contribution in [0.25, 0.3) is 0 Å². The van der Waals surface area contributed by atoms with E-state index in [4.69, 9.17) is 4.74 Å². The SMILES string of the molecule is O=C1COC(c2ccc(NS(=O)(=O)c3ccccc3)cc2)C(CO)N1Cc1ccncc1. The Hall–Kier alpha value is -3.27. The van der Waals surface area contributed by atoms with E-state index in [9.17, 15) is 18.3 Å². The molecule has 0 spiro atoms. The number of benzene rings is 2. The van der Waals surface area contributed by atoms with Crippen molar-refractivity contribution in [3.63, 3.8) is 0 Å². The van der Waals surface area contributed by atoms with E-state index in [0.717, 1.165) is 11.1 Å². The molecule has 4 rings (SSSR count). The largest absolute Gasteiger partial charge is 0.394 e. The lowest BCUT2D eigenvalue weighted by atomic mass is 9.98. The number of aliphatic hydroxyl groups is 1. The number of pyridine rings is 1. The highest BCUT2D eigenvalue weighted by molar-refractivity contribution is 7.92. The first-order valence-corrected chi connectivity index (χ1v) is 11.5. The summed E-state index contributed by atoms with van der Waals surface area (Å²) in [5.41, 5.74) is 2.04. The minimum absolute atomic E-state index is 0.103. The lowest BCUT2D eigenvalue weighted by Gasteiger charge is -2.40. The van der Waals surface area contributed by atoms with Crippen molar-refractivity contribution in [1.82, 2.24) is 9.88 Å². The zero-order valence-electron chi connectivity index (χ0n) is 17.2. The summed E-state index contributed by atoms with van der Waals surface area (Å²) in [5, 5.41) is 10.0. The molecule has 1 amide bonds. The quantitative estimate of drug-likeness (QED) is 0.568. The molecule has 1 saturated heterocycles. The molecule has 166 valence electrons. The monoisotopic (exact) mass is 453 g/mol. The van der Waals surface area contributed by atoms with Crippen molar-refractivity contribution in [3.8, 4) is 0 Å². The first-order valence-electron chi connectivity index (χ1n) is 10.1. The van der Waals surface area contributed by atoms with Crippen LogP contribution in [0.15, 0.2) is 84.0 Å². The van der Waals surface area contributed by atoms with Gasteiger partial charge < -0.3 is 14.7 Å². The normalized spacial score (nSPS) is 19.0. The summed E-state index contributed by atoms with van der Waals surface area (Å²) < 4.78 is 33.3. The van der Waals surface area contributed by atoms with Crippen molar-refractivity contribution in [3.05, 3.63) is 90.3 Å². The Morgan fingerprint density at radius 2 is 1.72 bits per heavy atom. The topological polar surface area (TPSA) is 109 Å². The van der Waals surface area contributed by atoms with Crippen LogP contribution in [0.1, 0.15) is 17.2 Å². The van der Waals surface area contributed by atoms with Gasteiger partial charge >= 0.3 is 0 Å². The molecule has 1 aromatic heterocycles. The van der Waals surface area contributed by atoms with Crippen LogP contribution < -0.4 is 4.72 Å². The Balaban J connectivity index is 1.52. The second-order valence-corrected chi connectivity index (χ2v) is 9.08. The molecule has 8 nitrogen and oxygen atoms in total. The summed E-state index contributed by atoms with van der Waals surface area (Å²) in [4.78, 5) is 18.3. The zero-order valence-corrected chi connectivity index (χ0v) is 18.0. The molecule has 0 aliphatic carbocycles. The molecule has 1 fully saturated rings. The van der Waals surface area contributed by atoms with Crippen molar-refractivity contribution < 1.29 is 23.1 Å². The number of aliphatic hydroxyl groups excluding tert-OH is 1. The van der Waals surface area contributed by atoms with Crippen molar-refractivity contribution >= 4 is 21.6 Å². The van der Waals surface area contributed by atoms with Crippen LogP contribution in [-0.2, 0) is 26.1 Å². The van der Waals surface area contributed by atoms with Crippen molar-refractivity contribution in [2.24, 2.45) is 0 Å². The second-order valence-electron chi connectivity index (χ2n) is 7.40. The maximum atomic E-state index is 12.5. The van der Waals surface area contributed by atoms with Gasteiger partial charge in [-0.3, -0.25) is 14.5 Å². The number of ether oxygens (including phenoxy) is 1. The minimum Gasteiger partial charge on any atom is -0.394 e. The fourth-order valence-corrected chi connectivity index (χ4v) is 4.74. The van der Waals surface area contributed by atoms with E-state index in [1.54, 1.807) is 59.8 Å². The molecular formula is C23H23N3O5S. The van der Waals surface area contributed by atoms with Gasteiger partial charge in [-0.05, 0) is 47.5 Å². The molecule has 2 unspecified atom stereocenters. The second kappa shape index (κ2) is 9.47. The molecule has 2 atom stereocenters. The number of sulfonamides is 1. The van der Waals surface area contributed by atoms with E-state index in [0.29, 0.717) is 12.2 Å². The van der Waals surface area contributed by atoms with E-state index in [1.165, 1.54) is 12.1 Å². The minimum atomic E-state index is -3.70. The van der Waals surface area contributed by atoms with Gasteiger partial charge in [-0.25, -0.2) is 8.42 Å². The summed E-state index contributed by atoms with van der Waals surface area (Å²) in [6, 6.07) is 17.9. The van der Waals surface area contributed by atoms with Crippen LogP contribution in [-0.4, -0.2) is 48.6 Å². The number of anilines is 1. The molecule has 0 radical (unpaired) electrons. The van der Waals surface area contributed by atoms with Crippen LogP contribution in [0.4, 0.5) is 5.69 Å². The Morgan fingerprint density at radius 3 is 2.38 bits per heavy atom. The third-order valence-corrected chi connectivity index (χ3v) is 6.69. The lowest BCUT2D eigenvalue weighted by molar-refractivity contribution is -0.162. The van der Waals surface area contributed by atoms with Gasteiger partial charge in [0.25, 0.3) is 10.0 Å². The predicted molar refractivity (Wildman–Crippen MR) is 118 cm³/mol. The van der Waals surface area contributed by atoms with E-state index in [1.807, 2.05) is 12.1 Å². The summed E-state index contributed by atoms with van der Waals surface area (Å²) in [7, 11) is -3.70. The fraction of sp³-hybridized carbons (Fsp3) is 0.217. The lowest BCUT2D eigenvalue weighted by Crippen LogP contribution is -2.52. The number of hydrogen-bond donors (Lipinski definition) is 2. The van der Waals surface area contributed by atoms with Crippen LogP contribution in [0.3, 0.4) is 0 Å². The van der Waals surface area contributed by atoms with Gasteiger partial charge in [0.05, 0.1) is 17.5 Å². The van der Waals surface area contributed by atoms with E-state index in [-0.39, 0.29) is 24.0 Å². The van der Waals surface area contributed by atoms with Crippen LogP contribution >= 0.6 is 0 Å². The maximum absolute atomic E-state index is 12.5. The number of nitrogens with zero attached hydrogens (tertiary/aromatic N) is 2. The average molecular weight is 454 g/mol. The smallest absolute Gasteiger partial charge is 0.261 e. The maximum Gasteiger partial charge on any atom is 0.261 e. The Labute approximate surface area is 186 Å². The molecule has 0 bridgehead atoms. The van der Waals surface area contributed by atoms with E-state index in [2.05, 4.69) is 9.71 Å². The third-order valence-electron chi connectivity index (χ3n) is 5.29. The first-order chi connectivity index (χ1) is 15.5. The number of morpholine rings is 1. The fourth-order valence-electron chi connectivity index (χ4n) is 3.66. The molecular weight excluding hydrogens is 430 g/mol. The van der Waals surface area contributed by atoms with Crippen LogP contribution in [0.2, 0.25) is 0 Å². The number of amides is 1. The van der Waals surface area contributed by atoms with Crippen molar-refractivity contribution in [2.45, 2.75) is 23.6 Å². The first kappa shape index (κ1) is 21.9. The number of carbonyl (C=O) groups excluding carboxylic acids is 1. The summed E-state index contributed by atoms with van der Waals surface area (Å²) >= 11 is 0. The van der Waals surface area contributed by atoms with Crippen LogP contribution in [0.5, 0.6) is 0 Å². The molecule has 3 aromatic rings. The van der Waals surface area contributed by atoms with Gasteiger partial charge in [0.2, 0.25) is 5.91 Å². The average Bonchev–Trinajstić information content (AvgIpc) is 2.82. The number of hydrogen-bond acceptors (Lipinski definition) is 6. The van der Waals surface area contributed by atoms with Crippen LogP contribution in [0, 0.1) is 0 Å². The highest BCUT2D eigenvalue weighted by atomic mass is 32.2. The van der Waals surface area contributed by atoms with Gasteiger partial charge in [0, 0.05) is 24.6 Å². The van der Waals surface area contributed by atoms with Crippen molar-refractivity contribution in [1.29, 1.82) is 0 Å². The number of carbonyl (C=O) groups is 1. The molecule has 1 aliphatic rings. The van der Waals surface area contributed by atoms with Gasteiger partial charge in [-0.1, -0.05) is 30.3 Å². The molecule has 2 N–H and O–H groups in total. The highest BCUT2D eigenvalue weighted by Gasteiger charge is 2.37. The highest BCUT2D eigenvalue weighted by Crippen LogP contribution is 2.31. The molecule has 1 aliphatic heterocycles. The van der Waals surface area contributed by atoms with Crippen molar-refractivity contribution in [2.75, 3.05) is 17.9 Å². The number of nitrogens with one attached hydrogen (secondary N) is 1. The summed E-state index contributed by atoms with van der Waals surface area (Å²) in [6.07, 6.45) is 2.77. The predicted octanol–water partition coefficient (Wildman–Crippen LogP) is 2.34. The standard InChI is InChI=1S/C23H23N3O5S/c27-15-21-23(31-16-22(28)26(21)14-17-10-12-24-13-11-17)18-6-8-19(9-7-18)25-32(29,30)20-4-2-1-3-5-20/h1-13,21,23,25,27H,14-16H2. The molecule has 9 heteroatoms. The zero-order chi connectivity index (χ0) is 22.6. The Bertz CT molecular complexity index is 1160. The molecule has 32 heavy (non-hydrogen) atoms.